The molecule has 0 aromatic heterocycles. The molecule has 0 spiro atoms. The topological polar surface area (TPSA) is 74.6 Å². The van der Waals surface area contributed by atoms with Crippen LogP contribution >= 0.6 is 0 Å². The molecular formula is C18H22O4S. The molecule has 0 bridgehead atoms. The molecule has 0 fully saturated rings. The fourth-order valence-corrected chi connectivity index (χ4v) is 4.20. The average Bonchev–Trinajstić information content (AvgIpc) is 2.51. The van der Waals surface area contributed by atoms with E-state index in [-0.39, 0.29) is 11.5 Å². The minimum atomic E-state index is -3.28. The summed E-state index contributed by atoms with van der Waals surface area (Å²) in [5.74, 6) is 0.343. The summed E-state index contributed by atoms with van der Waals surface area (Å²) in [4.78, 5) is 0. The smallest absolute Gasteiger partial charge is 0.156 e. The maximum absolute atomic E-state index is 12.7. The maximum atomic E-state index is 12.7. The summed E-state index contributed by atoms with van der Waals surface area (Å²) in [6.07, 6.45) is 0.838. The average molecular weight is 334 g/mol. The van der Waals surface area contributed by atoms with Crippen LogP contribution in [0.25, 0.3) is 0 Å². The van der Waals surface area contributed by atoms with Gasteiger partial charge in [-0.25, -0.2) is 8.42 Å². The van der Waals surface area contributed by atoms with Gasteiger partial charge in [0.25, 0.3) is 0 Å². The molecule has 0 aliphatic rings. The van der Waals surface area contributed by atoms with Gasteiger partial charge in [-0.1, -0.05) is 24.3 Å². The Kier molecular flexibility index (Phi) is 5.31. The van der Waals surface area contributed by atoms with Crippen LogP contribution in [-0.4, -0.2) is 29.1 Å². The van der Waals surface area contributed by atoms with Crippen molar-refractivity contribution in [2.75, 3.05) is 0 Å². The summed E-state index contributed by atoms with van der Waals surface area (Å²) in [5.41, 5.74) is 1.77. The fraction of sp³-hybridized carbons (Fsp3) is 0.333. The van der Waals surface area contributed by atoms with E-state index in [0.717, 1.165) is 11.1 Å². The molecule has 0 saturated heterocycles. The van der Waals surface area contributed by atoms with Crippen LogP contribution in [0.2, 0.25) is 0 Å². The molecule has 2 aromatic rings. The van der Waals surface area contributed by atoms with Crippen molar-refractivity contribution in [1.29, 1.82) is 0 Å². The highest BCUT2D eigenvalue weighted by Gasteiger charge is 2.28. The van der Waals surface area contributed by atoms with Gasteiger partial charge in [0, 0.05) is 0 Å². The Labute approximate surface area is 137 Å². The fourth-order valence-electron chi connectivity index (χ4n) is 2.56. The first-order chi connectivity index (χ1) is 10.8. The molecule has 4 nitrogen and oxygen atoms in total. The predicted molar refractivity (Wildman–Crippen MR) is 91.5 cm³/mol. The van der Waals surface area contributed by atoms with E-state index in [9.17, 15) is 18.6 Å². The molecule has 2 rings (SSSR count). The van der Waals surface area contributed by atoms with Crippen LogP contribution < -0.4 is 0 Å². The van der Waals surface area contributed by atoms with Crippen LogP contribution in [-0.2, 0) is 22.7 Å². The van der Waals surface area contributed by atoms with E-state index in [4.69, 9.17) is 0 Å². The minimum absolute atomic E-state index is 0.171. The molecule has 0 radical (unpaired) electrons. The van der Waals surface area contributed by atoms with Crippen molar-refractivity contribution >= 4 is 9.84 Å². The van der Waals surface area contributed by atoms with E-state index in [0.29, 0.717) is 12.8 Å². The van der Waals surface area contributed by atoms with E-state index < -0.39 is 20.3 Å². The number of aromatic hydroxyl groups is 2. The maximum Gasteiger partial charge on any atom is 0.156 e. The molecule has 0 heterocycles. The summed E-state index contributed by atoms with van der Waals surface area (Å²) in [6, 6.07) is 13.2. The molecule has 0 amide bonds. The van der Waals surface area contributed by atoms with Crippen molar-refractivity contribution in [3.05, 3.63) is 59.7 Å². The summed E-state index contributed by atoms with van der Waals surface area (Å²) in [7, 11) is -3.28. The summed E-state index contributed by atoms with van der Waals surface area (Å²) in [6.45, 7) is 3.44. The highest BCUT2D eigenvalue weighted by Crippen LogP contribution is 2.20. The molecule has 2 unspecified atom stereocenters. The standard InChI is InChI=1S/C18H22O4S/c1-13(11-15-3-7-17(19)8-4-15)23(21,22)14(2)12-16-5-9-18(20)10-6-16/h3-10,13-14,19-20H,11-12H2,1-2H3. The Morgan fingerprint density at radius 1 is 0.739 bits per heavy atom. The first-order valence-corrected chi connectivity index (χ1v) is 9.18. The monoisotopic (exact) mass is 334 g/mol. The largest absolute Gasteiger partial charge is 0.508 e. The molecule has 5 heteroatoms. The highest BCUT2D eigenvalue weighted by atomic mass is 32.2. The van der Waals surface area contributed by atoms with Gasteiger partial charge in [0.05, 0.1) is 10.5 Å². The zero-order valence-electron chi connectivity index (χ0n) is 13.3. The zero-order valence-corrected chi connectivity index (χ0v) is 14.1. The summed E-state index contributed by atoms with van der Waals surface area (Å²) >= 11 is 0. The van der Waals surface area contributed by atoms with Crippen molar-refractivity contribution in [1.82, 2.24) is 0 Å². The van der Waals surface area contributed by atoms with Gasteiger partial charge in [0.1, 0.15) is 11.5 Å². The van der Waals surface area contributed by atoms with Crippen LogP contribution in [0, 0.1) is 0 Å². The zero-order chi connectivity index (χ0) is 17.0. The van der Waals surface area contributed by atoms with Crippen molar-refractivity contribution in [2.24, 2.45) is 0 Å². The predicted octanol–water partition coefficient (Wildman–Crippen LogP) is 3.07. The van der Waals surface area contributed by atoms with Crippen LogP contribution in [0.5, 0.6) is 11.5 Å². The molecule has 0 aliphatic heterocycles. The van der Waals surface area contributed by atoms with Crippen LogP contribution in [0.4, 0.5) is 0 Å². The molecule has 2 atom stereocenters. The lowest BCUT2D eigenvalue weighted by atomic mass is 10.1. The van der Waals surface area contributed by atoms with E-state index in [1.807, 2.05) is 0 Å². The Morgan fingerprint density at radius 2 is 1.04 bits per heavy atom. The van der Waals surface area contributed by atoms with Gasteiger partial charge in [-0.3, -0.25) is 0 Å². The summed E-state index contributed by atoms with van der Waals surface area (Å²) in [5, 5.41) is 17.6. The van der Waals surface area contributed by atoms with Crippen molar-refractivity contribution in [3.63, 3.8) is 0 Å². The van der Waals surface area contributed by atoms with E-state index in [1.54, 1.807) is 62.4 Å². The quantitative estimate of drug-likeness (QED) is 0.851. The van der Waals surface area contributed by atoms with Crippen molar-refractivity contribution in [2.45, 2.75) is 37.2 Å². The van der Waals surface area contributed by atoms with Crippen LogP contribution in [0.15, 0.2) is 48.5 Å². The van der Waals surface area contributed by atoms with Crippen molar-refractivity contribution < 1.29 is 18.6 Å². The Hall–Kier alpha value is -2.01. The number of hydrogen-bond donors (Lipinski definition) is 2. The first kappa shape index (κ1) is 17.3. The number of sulfone groups is 1. The lowest BCUT2D eigenvalue weighted by molar-refractivity contribution is 0.474. The lowest BCUT2D eigenvalue weighted by Gasteiger charge is -2.19. The molecule has 23 heavy (non-hydrogen) atoms. The van der Waals surface area contributed by atoms with Gasteiger partial charge in [-0.2, -0.15) is 0 Å². The second-order valence-corrected chi connectivity index (χ2v) is 8.74. The third-order valence-corrected chi connectivity index (χ3v) is 6.62. The highest BCUT2D eigenvalue weighted by molar-refractivity contribution is 7.92. The molecular weight excluding hydrogens is 312 g/mol. The third kappa shape index (κ3) is 4.48. The first-order valence-electron chi connectivity index (χ1n) is 7.57. The van der Waals surface area contributed by atoms with E-state index >= 15 is 0 Å². The molecule has 0 aliphatic carbocycles. The lowest BCUT2D eigenvalue weighted by Crippen LogP contribution is -2.31. The molecule has 2 aromatic carbocycles. The van der Waals surface area contributed by atoms with Gasteiger partial charge in [-0.15, -0.1) is 0 Å². The van der Waals surface area contributed by atoms with Crippen LogP contribution in [0.3, 0.4) is 0 Å². The van der Waals surface area contributed by atoms with Gasteiger partial charge in [0.2, 0.25) is 0 Å². The van der Waals surface area contributed by atoms with Gasteiger partial charge in [-0.05, 0) is 62.1 Å². The van der Waals surface area contributed by atoms with E-state index in [1.165, 1.54) is 0 Å². The Balaban J connectivity index is 2.06. The molecule has 124 valence electrons. The molecule has 0 saturated carbocycles. The number of hydrogen-bond acceptors (Lipinski definition) is 4. The SMILES string of the molecule is CC(Cc1ccc(O)cc1)S(=O)(=O)C(C)Cc1ccc(O)cc1. The van der Waals surface area contributed by atoms with Crippen molar-refractivity contribution in [3.8, 4) is 11.5 Å². The van der Waals surface area contributed by atoms with Gasteiger partial charge >= 0.3 is 0 Å². The minimum Gasteiger partial charge on any atom is -0.508 e. The molecule has 2 N–H and O–H groups in total. The Bertz CT molecular complexity index is 674. The van der Waals surface area contributed by atoms with Crippen LogP contribution in [0.1, 0.15) is 25.0 Å². The second kappa shape index (κ2) is 7.04. The third-order valence-electron chi connectivity index (χ3n) is 4.04. The number of rotatable bonds is 6. The van der Waals surface area contributed by atoms with Gasteiger partial charge in [0.15, 0.2) is 9.84 Å². The number of phenolic OH excluding ortho intramolecular Hbond substituents is 2. The number of phenols is 2. The Morgan fingerprint density at radius 3 is 1.35 bits per heavy atom. The van der Waals surface area contributed by atoms with E-state index in [2.05, 4.69) is 0 Å². The second-order valence-electron chi connectivity index (χ2n) is 5.95. The summed E-state index contributed by atoms with van der Waals surface area (Å²) < 4.78 is 25.3. The van der Waals surface area contributed by atoms with Gasteiger partial charge < -0.3 is 10.2 Å². The number of benzene rings is 2. The normalized spacial score (nSPS) is 14.3.